The van der Waals surface area contributed by atoms with Gasteiger partial charge in [-0.1, -0.05) is 30.3 Å². The highest BCUT2D eigenvalue weighted by molar-refractivity contribution is 5.76. The summed E-state index contributed by atoms with van der Waals surface area (Å²) >= 11 is 0. The van der Waals surface area contributed by atoms with Gasteiger partial charge in [0.15, 0.2) is 0 Å². The Labute approximate surface area is 155 Å². The molecule has 26 heavy (non-hydrogen) atoms. The number of nitrogens with zero attached hydrogens (tertiary/aromatic N) is 1. The van der Waals surface area contributed by atoms with Gasteiger partial charge in [0.2, 0.25) is 5.91 Å². The number of benzene rings is 1. The van der Waals surface area contributed by atoms with Gasteiger partial charge in [-0.2, -0.15) is 0 Å². The number of amides is 1. The minimum absolute atomic E-state index is 0.0142. The minimum atomic E-state index is -0.455. The van der Waals surface area contributed by atoms with Gasteiger partial charge in [-0.3, -0.25) is 9.69 Å². The van der Waals surface area contributed by atoms with Crippen LogP contribution >= 0.6 is 0 Å². The number of aliphatic hydroxyl groups excluding tert-OH is 1. The molecule has 2 heterocycles. The maximum absolute atomic E-state index is 12.4. The van der Waals surface area contributed by atoms with E-state index in [1.165, 1.54) is 0 Å². The standard InChI is InChI=1S/C20H30N2O4/c1-14(15-6-4-3-5-7-15)21-20(24)10-17-8-9-18-19(26-17)13-25-12-16(23)11-22(18)2/h3-7,14,16-19,23H,8-13H2,1-2H3,(H,21,24)/t14-,16-,17+,18-,19+/m1/s1. The first-order valence-corrected chi connectivity index (χ1v) is 9.48. The molecule has 2 aliphatic heterocycles. The van der Waals surface area contributed by atoms with Crippen LogP contribution in [-0.2, 0) is 14.3 Å². The van der Waals surface area contributed by atoms with E-state index in [0.717, 1.165) is 18.4 Å². The van der Waals surface area contributed by atoms with Crippen molar-refractivity contribution in [2.24, 2.45) is 0 Å². The summed E-state index contributed by atoms with van der Waals surface area (Å²) in [5.41, 5.74) is 1.10. The van der Waals surface area contributed by atoms with Crippen LogP contribution in [0.5, 0.6) is 0 Å². The Bertz CT molecular complexity index is 582. The van der Waals surface area contributed by atoms with E-state index in [2.05, 4.69) is 10.2 Å². The number of hydrogen-bond donors (Lipinski definition) is 2. The lowest BCUT2D eigenvalue weighted by atomic mass is 9.95. The van der Waals surface area contributed by atoms with Crippen molar-refractivity contribution in [1.82, 2.24) is 10.2 Å². The fourth-order valence-electron chi connectivity index (χ4n) is 3.93. The second-order valence-corrected chi connectivity index (χ2v) is 7.48. The Morgan fingerprint density at radius 2 is 2.08 bits per heavy atom. The van der Waals surface area contributed by atoms with Gasteiger partial charge in [0.25, 0.3) is 0 Å². The fraction of sp³-hybridized carbons (Fsp3) is 0.650. The number of likely N-dealkylation sites (N-methyl/N-ethyl adjacent to an activating group) is 1. The summed E-state index contributed by atoms with van der Waals surface area (Å²) < 4.78 is 11.8. The molecule has 5 atom stereocenters. The molecule has 0 saturated carbocycles. The summed E-state index contributed by atoms with van der Waals surface area (Å²) in [7, 11) is 2.02. The van der Waals surface area contributed by atoms with Crippen LogP contribution < -0.4 is 5.32 Å². The third-order valence-electron chi connectivity index (χ3n) is 5.33. The molecule has 144 valence electrons. The van der Waals surface area contributed by atoms with Gasteiger partial charge in [-0.15, -0.1) is 0 Å². The van der Waals surface area contributed by atoms with Gasteiger partial charge in [-0.25, -0.2) is 0 Å². The third kappa shape index (κ3) is 5.04. The average molecular weight is 362 g/mol. The van der Waals surface area contributed by atoms with Crippen molar-refractivity contribution < 1.29 is 19.4 Å². The fourth-order valence-corrected chi connectivity index (χ4v) is 3.93. The molecule has 1 aromatic carbocycles. The Morgan fingerprint density at radius 3 is 2.85 bits per heavy atom. The van der Waals surface area contributed by atoms with Crippen molar-refractivity contribution in [1.29, 1.82) is 0 Å². The number of carbonyl (C=O) groups excluding carboxylic acids is 1. The van der Waals surface area contributed by atoms with Gasteiger partial charge in [-0.05, 0) is 32.4 Å². The number of fused-ring (bicyclic) bond motifs is 1. The molecule has 2 N–H and O–H groups in total. The van der Waals surface area contributed by atoms with E-state index < -0.39 is 6.10 Å². The molecule has 0 spiro atoms. The predicted octanol–water partition coefficient (Wildman–Crippen LogP) is 1.49. The number of rotatable bonds is 4. The van der Waals surface area contributed by atoms with Crippen LogP contribution in [0.15, 0.2) is 30.3 Å². The first-order valence-electron chi connectivity index (χ1n) is 9.48. The molecule has 1 amide bonds. The predicted molar refractivity (Wildman–Crippen MR) is 98.8 cm³/mol. The van der Waals surface area contributed by atoms with E-state index in [1.807, 2.05) is 44.3 Å². The van der Waals surface area contributed by atoms with Crippen LogP contribution in [0.4, 0.5) is 0 Å². The lowest BCUT2D eigenvalue weighted by molar-refractivity contribution is -0.153. The Hall–Kier alpha value is -1.47. The Kier molecular flexibility index (Phi) is 6.64. The topological polar surface area (TPSA) is 71.0 Å². The molecule has 2 aliphatic rings. The van der Waals surface area contributed by atoms with Crippen molar-refractivity contribution in [2.75, 3.05) is 26.8 Å². The third-order valence-corrected chi connectivity index (χ3v) is 5.33. The Morgan fingerprint density at radius 1 is 1.31 bits per heavy atom. The summed E-state index contributed by atoms with van der Waals surface area (Å²) in [4.78, 5) is 14.6. The largest absolute Gasteiger partial charge is 0.389 e. The molecule has 6 nitrogen and oxygen atoms in total. The van der Waals surface area contributed by atoms with Crippen LogP contribution in [0.25, 0.3) is 0 Å². The maximum atomic E-state index is 12.4. The lowest BCUT2D eigenvalue weighted by Gasteiger charge is -2.43. The molecule has 2 saturated heterocycles. The molecule has 0 unspecified atom stereocenters. The van der Waals surface area contributed by atoms with Crippen LogP contribution in [0.3, 0.4) is 0 Å². The molecule has 3 rings (SSSR count). The van der Waals surface area contributed by atoms with Crippen molar-refractivity contribution in [2.45, 2.75) is 56.6 Å². The molecular formula is C20H30N2O4. The highest BCUT2D eigenvalue weighted by Crippen LogP contribution is 2.27. The quantitative estimate of drug-likeness (QED) is 0.849. The van der Waals surface area contributed by atoms with E-state index in [9.17, 15) is 9.90 Å². The molecule has 0 aliphatic carbocycles. The summed E-state index contributed by atoms with van der Waals surface area (Å²) in [5.74, 6) is 0.0142. The molecule has 1 aromatic rings. The summed E-state index contributed by atoms with van der Waals surface area (Å²) in [5, 5.41) is 12.9. The summed E-state index contributed by atoms with van der Waals surface area (Å²) in [6.07, 6.45) is 1.57. The van der Waals surface area contributed by atoms with E-state index in [1.54, 1.807) is 0 Å². The highest BCUT2D eigenvalue weighted by atomic mass is 16.5. The number of hydrogen-bond acceptors (Lipinski definition) is 5. The van der Waals surface area contributed by atoms with Crippen LogP contribution in [-0.4, -0.2) is 67.1 Å². The van der Waals surface area contributed by atoms with Crippen molar-refractivity contribution >= 4 is 5.91 Å². The number of β-amino-alcohol motifs (C(OH)–C–C–N with tert-alkyl or cyclic N) is 1. The van der Waals surface area contributed by atoms with Gasteiger partial charge in [0.05, 0.1) is 44.0 Å². The number of ether oxygens (including phenoxy) is 2. The van der Waals surface area contributed by atoms with Gasteiger partial charge < -0.3 is 19.9 Å². The van der Waals surface area contributed by atoms with Gasteiger partial charge in [0, 0.05) is 12.6 Å². The number of nitrogens with one attached hydrogen (secondary N) is 1. The van der Waals surface area contributed by atoms with Crippen LogP contribution in [0.2, 0.25) is 0 Å². The zero-order chi connectivity index (χ0) is 18.5. The molecule has 6 heteroatoms. The highest BCUT2D eigenvalue weighted by Gasteiger charge is 2.36. The summed E-state index contributed by atoms with van der Waals surface area (Å²) in [6.45, 7) is 3.37. The van der Waals surface area contributed by atoms with Gasteiger partial charge in [0.1, 0.15) is 0 Å². The second kappa shape index (κ2) is 8.95. The minimum Gasteiger partial charge on any atom is -0.389 e. The van der Waals surface area contributed by atoms with Crippen LogP contribution in [0, 0.1) is 0 Å². The zero-order valence-electron chi connectivity index (χ0n) is 15.6. The van der Waals surface area contributed by atoms with Crippen molar-refractivity contribution in [3.05, 3.63) is 35.9 Å². The lowest BCUT2D eigenvalue weighted by Crippen LogP contribution is -2.54. The number of aliphatic hydroxyl groups is 1. The molecule has 0 radical (unpaired) electrons. The maximum Gasteiger partial charge on any atom is 0.223 e. The number of carbonyl (C=O) groups is 1. The smallest absolute Gasteiger partial charge is 0.223 e. The van der Waals surface area contributed by atoms with E-state index in [0.29, 0.717) is 26.2 Å². The molecular weight excluding hydrogens is 332 g/mol. The molecule has 2 fully saturated rings. The average Bonchev–Trinajstić information content (AvgIpc) is 2.61. The monoisotopic (exact) mass is 362 g/mol. The first kappa shape index (κ1) is 19.3. The van der Waals surface area contributed by atoms with Gasteiger partial charge >= 0.3 is 0 Å². The van der Waals surface area contributed by atoms with Crippen LogP contribution in [0.1, 0.15) is 37.8 Å². The van der Waals surface area contributed by atoms with E-state index in [-0.39, 0.29) is 30.2 Å². The molecule has 0 bridgehead atoms. The van der Waals surface area contributed by atoms with E-state index >= 15 is 0 Å². The second-order valence-electron chi connectivity index (χ2n) is 7.48. The normalized spacial score (nSPS) is 31.3. The first-order chi connectivity index (χ1) is 12.5. The van der Waals surface area contributed by atoms with E-state index in [4.69, 9.17) is 9.47 Å². The van der Waals surface area contributed by atoms with Crippen molar-refractivity contribution in [3.8, 4) is 0 Å². The zero-order valence-corrected chi connectivity index (χ0v) is 15.6. The Balaban J connectivity index is 1.51. The summed E-state index contributed by atoms with van der Waals surface area (Å²) in [6, 6.07) is 10.2. The van der Waals surface area contributed by atoms with Crippen molar-refractivity contribution in [3.63, 3.8) is 0 Å². The molecule has 0 aromatic heterocycles. The SMILES string of the molecule is C[C@@H](NC(=O)C[C@@H]1CC[C@@H]2[C@H](COC[C@H](O)CN2C)O1)c1ccccc1.